The van der Waals surface area contributed by atoms with E-state index in [9.17, 15) is 4.79 Å². The number of hydrogen-bond acceptors (Lipinski definition) is 3. The van der Waals surface area contributed by atoms with E-state index in [4.69, 9.17) is 5.21 Å². The summed E-state index contributed by atoms with van der Waals surface area (Å²) in [6.07, 6.45) is 0.778. The van der Waals surface area contributed by atoms with Crippen LogP contribution < -0.4 is 0 Å². The van der Waals surface area contributed by atoms with E-state index in [0.717, 1.165) is 0 Å². The molecule has 52 valence electrons. The number of nitrogens with zero attached hydrogens (tertiary/aromatic N) is 1. The van der Waals surface area contributed by atoms with Crippen LogP contribution in [0.3, 0.4) is 0 Å². The average molecular weight is 129 g/mol. The van der Waals surface area contributed by atoms with Gasteiger partial charge < -0.3 is 5.21 Å². The van der Waals surface area contributed by atoms with Crippen molar-refractivity contribution in [3.05, 3.63) is 0 Å². The molecule has 0 aliphatic carbocycles. The maximum atomic E-state index is 10.6. The number of Topliss-reactive ketones (excluding diaryl/α,β-unsaturated/α-hetero) is 1. The zero-order valence-electron chi connectivity index (χ0n) is 5.72. The van der Waals surface area contributed by atoms with Crippen LogP contribution in [-0.4, -0.2) is 16.7 Å². The molecule has 0 spiro atoms. The number of ketones is 1. The zero-order valence-corrected chi connectivity index (χ0v) is 5.72. The molecular formula is C6H11NO2. The van der Waals surface area contributed by atoms with Crippen LogP contribution in [-0.2, 0) is 4.79 Å². The molecule has 1 N–H and O–H groups in total. The van der Waals surface area contributed by atoms with Crippen LogP contribution >= 0.6 is 0 Å². The molecule has 0 aliphatic heterocycles. The maximum Gasteiger partial charge on any atom is 0.138 e. The second-order valence-electron chi connectivity index (χ2n) is 1.90. The summed E-state index contributed by atoms with van der Waals surface area (Å²) in [5.41, 5.74) is 0.474. The van der Waals surface area contributed by atoms with Gasteiger partial charge in [0.25, 0.3) is 0 Å². The van der Waals surface area contributed by atoms with Gasteiger partial charge in [0, 0.05) is 12.8 Å². The summed E-state index contributed by atoms with van der Waals surface area (Å²) in [7, 11) is 0. The van der Waals surface area contributed by atoms with E-state index in [1.165, 1.54) is 0 Å². The Morgan fingerprint density at radius 2 is 2.22 bits per heavy atom. The van der Waals surface area contributed by atoms with Crippen molar-refractivity contribution in [1.82, 2.24) is 0 Å². The highest BCUT2D eigenvalue weighted by Gasteiger charge is 1.99. The van der Waals surface area contributed by atoms with Gasteiger partial charge in [0.2, 0.25) is 0 Å². The Balaban J connectivity index is 3.60. The fraction of sp³-hybridized carbons (Fsp3) is 0.667. The molecule has 0 unspecified atom stereocenters. The maximum absolute atomic E-state index is 10.6. The Labute approximate surface area is 54.4 Å². The third-order valence-electron chi connectivity index (χ3n) is 1.02. The quantitative estimate of drug-likeness (QED) is 0.353. The number of rotatable bonds is 3. The smallest absolute Gasteiger partial charge is 0.138 e. The lowest BCUT2D eigenvalue weighted by Gasteiger charge is -1.92. The van der Waals surface area contributed by atoms with E-state index in [1.807, 2.05) is 0 Å². The van der Waals surface area contributed by atoms with Gasteiger partial charge in [-0.1, -0.05) is 12.1 Å². The van der Waals surface area contributed by atoms with Crippen molar-refractivity contribution in [3.8, 4) is 0 Å². The molecular weight excluding hydrogens is 118 g/mol. The van der Waals surface area contributed by atoms with Crippen LogP contribution in [0, 0.1) is 0 Å². The fourth-order valence-electron chi connectivity index (χ4n) is 0.446. The highest BCUT2D eigenvalue weighted by molar-refractivity contribution is 6.00. The Kier molecular flexibility index (Phi) is 3.67. The minimum absolute atomic E-state index is 0.102. The second kappa shape index (κ2) is 4.06. The molecule has 0 bridgehead atoms. The number of hydrogen-bond donors (Lipinski definition) is 1. The van der Waals surface area contributed by atoms with Gasteiger partial charge in [-0.3, -0.25) is 4.79 Å². The highest BCUT2D eigenvalue weighted by atomic mass is 16.4. The van der Waals surface area contributed by atoms with E-state index in [2.05, 4.69) is 5.16 Å². The summed E-state index contributed by atoms with van der Waals surface area (Å²) in [4.78, 5) is 10.6. The number of carbonyl (C=O) groups excluding carboxylic acids is 1. The van der Waals surface area contributed by atoms with Crippen LogP contribution in [0.2, 0.25) is 0 Å². The first-order valence-corrected chi connectivity index (χ1v) is 2.90. The summed E-state index contributed by atoms with van der Waals surface area (Å²) < 4.78 is 0. The van der Waals surface area contributed by atoms with Gasteiger partial charge in [0.15, 0.2) is 0 Å². The first-order valence-electron chi connectivity index (χ1n) is 2.90. The molecule has 0 heterocycles. The molecule has 0 aromatic carbocycles. The SMILES string of the molecule is CCC(=O)CC(C)=NO. The van der Waals surface area contributed by atoms with Crippen molar-refractivity contribution in [1.29, 1.82) is 0 Å². The number of oxime groups is 1. The Morgan fingerprint density at radius 3 is 2.56 bits per heavy atom. The van der Waals surface area contributed by atoms with Crippen molar-refractivity contribution >= 4 is 11.5 Å². The lowest BCUT2D eigenvalue weighted by atomic mass is 10.2. The summed E-state index contributed by atoms with van der Waals surface area (Å²) >= 11 is 0. The van der Waals surface area contributed by atoms with Gasteiger partial charge >= 0.3 is 0 Å². The summed E-state index contributed by atoms with van der Waals surface area (Å²) in [5.74, 6) is 0.102. The predicted molar refractivity (Wildman–Crippen MR) is 34.8 cm³/mol. The molecule has 0 amide bonds. The Morgan fingerprint density at radius 1 is 1.67 bits per heavy atom. The van der Waals surface area contributed by atoms with E-state index < -0.39 is 0 Å². The zero-order chi connectivity index (χ0) is 7.28. The largest absolute Gasteiger partial charge is 0.411 e. The van der Waals surface area contributed by atoms with Gasteiger partial charge in [-0.25, -0.2) is 0 Å². The average Bonchev–Trinajstić information content (AvgIpc) is 1.87. The fourth-order valence-corrected chi connectivity index (χ4v) is 0.446. The van der Waals surface area contributed by atoms with Gasteiger partial charge in [-0.05, 0) is 6.92 Å². The Bertz CT molecular complexity index is 129. The summed E-state index contributed by atoms with van der Waals surface area (Å²) in [5, 5.41) is 11.0. The highest BCUT2D eigenvalue weighted by Crippen LogP contribution is 1.90. The molecule has 0 aliphatic rings. The first-order chi connectivity index (χ1) is 4.20. The predicted octanol–water partition coefficient (Wildman–Crippen LogP) is 1.21. The molecule has 0 fully saturated rings. The van der Waals surface area contributed by atoms with Gasteiger partial charge in [-0.15, -0.1) is 0 Å². The van der Waals surface area contributed by atoms with E-state index >= 15 is 0 Å². The van der Waals surface area contributed by atoms with Crippen LogP contribution in [0.15, 0.2) is 5.16 Å². The van der Waals surface area contributed by atoms with Gasteiger partial charge in [0.1, 0.15) is 5.78 Å². The molecule has 0 saturated carbocycles. The van der Waals surface area contributed by atoms with Crippen molar-refractivity contribution in [2.24, 2.45) is 5.16 Å². The number of carbonyl (C=O) groups is 1. The minimum atomic E-state index is 0.102. The third-order valence-corrected chi connectivity index (χ3v) is 1.02. The van der Waals surface area contributed by atoms with Crippen molar-refractivity contribution in [2.45, 2.75) is 26.7 Å². The molecule has 0 saturated heterocycles. The molecule has 0 rings (SSSR count). The Hall–Kier alpha value is -0.860. The summed E-state index contributed by atoms with van der Waals surface area (Å²) in [6.45, 7) is 3.40. The normalized spacial score (nSPS) is 11.6. The molecule has 0 aromatic heterocycles. The molecule has 0 radical (unpaired) electrons. The van der Waals surface area contributed by atoms with Crippen LogP contribution in [0.5, 0.6) is 0 Å². The molecule has 0 atom stereocenters. The van der Waals surface area contributed by atoms with Crippen LogP contribution in [0.25, 0.3) is 0 Å². The first kappa shape index (κ1) is 8.14. The lowest BCUT2D eigenvalue weighted by Crippen LogP contribution is -2.02. The summed E-state index contributed by atoms with van der Waals surface area (Å²) in [6, 6.07) is 0. The van der Waals surface area contributed by atoms with Crippen molar-refractivity contribution in [2.75, 3.05) is 0 Å². The van der Waals surface area contributed by atoms with Gasteiger partial charge in [-0.2, -0.15) is 0 Å². The van der Waals surface area contributed by atoms with Crippen molar-refractivity contribution < 1.29 is 10.0 Å². The van der Waals surface area contributed by atoms with Crippen LogP contribution in [0.1, 0.15) is 26.7 Å². The van der Waals surface area contributed by atoms with E-state index in [0.29, 0.717) is 12.1 Å². The molecule has 9 heavy (non-hydrogen) atoms. The second-order valence-corrected chi connectivity index (χ2v) is 1.90. The molecule has 3 nitrogen and oxygen atoms in total. The molecule has 3 heteroatoms. The topological polar surface area (TPSA) is 49.7 Å². The minimum Gasteiger partial charge on any atom is -0.411 e. The van der Waals surface area contributed by atoms with E-state index in [1.54, 1.807) is 13.8 Å². The third kappa shape index (κ3) is 3.70. The van der Waals surface area contributed by atoms with E-state index in [-0.39, 0.29) is 12.2 Å². The standard InChI is InChI=1S/C6H11NO2/c1-3-6(8)4-5(2)7-9/h9H,3-4H2,1-2H3. The van der Waals surface area contributed by atoms with Gasteiger partial charge in [0.05, 0.1) is 5.71 Å². The van der Waals surface area contributed by atoms with Crippen molar-refractivity contribution in [3.63, 3.8) is 0 Å². The van der Waals surface area contributed by atoms with Crippen LogP contribution in [0.4, 0.5) is 0 Å². The lowest BCUT2D eigenvalue weighted by molar-refractivity contribution is -0.117. The monoisotopic (exact) mass is 129 g/mol. The molecule has 0 aromatic rings.